The van der Waals surface area contributed by atoms with Crippen LogP contribution in [0.1, 0.15) is 96.1 Å². The van der Waals surface area contributed by atoms with E-state index in [1.807, 2.05) is 0 Å². The fraction of sp³-hybridized carbons (Fsp3) is 0.621. The van der Waals surface area contributed by atoms with Gasteiger partial charge in [-0.15, -0.1) is 0 Å². The Bertz CT molecular complexity index is 771. The molecule has 202 valence electrons. The van der Waals surface area contributed by atoms with Crippen molar-refractivity contribution in [3.63, 3.8) is 0 Å². The van der Waals surface area contributed by atoms with Gasteiger partial charge in [-0.3, -0.25) is 9.59 Å². The highest BCUT2D eigenvalue weighted by atomic mass is 16.2. The van der Waals surface area contributed by atoms with Crippen molar-refractivity contribution in [2.24, 2.45) is 11.5 Å². The Labute approximate surface area is 218 Å². The van der Waals surface area contributed by atoms with Crippen molar-refractivity contribution in [1.82, 2.24) is 15.3 Å². The molecule has 7 heteroatoms. The van der Waals surface area contributed by atoms with Crippen LogP contribution in [-0.2, 0) is 16.0 Å². The number of nitrogens with zero attached hydrogens (tertiary/aromatic N) is 1. The number of imidazole rings is 1. The maximum atomic E-state index is 12.8. The van der Waals surface area contributed by atoms with Gasteiger partial charge in [-0.2, -0.15) is 0 Å². The number of hydrogen-bond acceptors (Lipinski definition) is 5. The van der Waals surface area contributed by atoms with E-state index in [0.29, 0.717) is 25.8 Å². The fourth-order valence-electron chi connectivity index (χ4n) is 3.84. The van der Waals surface area contributed by atoms with E-state index in [1.165, 1.54) is 6.42 Å². The van der Waals surface area contributed by atoms with Crippen LogP contribution in [0.4, 0.5) is 0 Å². The average molecular weight is 500 g/mol. The third kappa shape index (κ3) is 16.2. The van der Waals surface area contributed by atoms with Crippen LogP contribution >= 0.6 is 0 Å². The first kappa shape index (κ1) is 31.5. The van der Waals surface area contributed by atoms with E-state index in [4.69, 9.17) is 11.5 Å². The second-order valence-electron chi connectivity index (χ2n) is 9.33. The predicted octanol–water partition coefficient (Wildman–Crippen LogP) is 5.05. The Balaban J connectivity index is 2.24. The van der Waals surface area contributed by atoms with E-state index in [1.54, 1.807) is 12.5 Å². The smallest absolute Gasteiger partial charge is 0.237 e. The first-order valence-electron chi connectivity index (χ1n) is 13.8. The highest BCUT2D eigenvalue weighted by molar-refractivity contribution is 5.90. The van der Waals surface area contributed by atoms with Crippen LogP contribution in [0, 0.1) is 0 Å². The van der Waals surface area contributed by atoms with Crippen LogP contribution in [-0.4, -0.2) is 40.3 Å². The number of nitrogens with two attached hydrogens (primary N) is 2. The second kappa shape index (κ2) is 21.7. The number of Topliss-reactive ketones (excluding diaryl/α,β-unsaturated/α-hetero) is 1. The number of ketones is 1. The molecule has 0 spiro atoms. The van der Waals surface area contributed by atoms with Gasteiger partial charge in [-0.05, 0) is 64.3 Å². The van der Waals surface area contributed by atoms with Gasteiger partial charge in [0.2, 0.25) is 5.91 Å². The minimum Gasteiger partial charge on any atom is -0.348 e. The van der Waals surface area contributed by atoms with Crippen LogP contribution in [0.15, 0.2) is 49.0 Å². The molecule has 36 heavy (non-hydrogen) atoms. The van der Waals surface area contributed by atoms with E-state index < -0.39 is 12.1 Å². The van der Waals surface area contributed by atoms with Gasteiger partial charge < -0.3 is 21.8 Å². The lowest BCUT2D eigenvalue weighted by molar-refractivity contribution is -0.128. The summed E-state index contributed by atoms with van der Waals surface area (Å²) in [5.74, 6) is -0.212. The fourth-order valence-corrected chi connectivity index (χ4v) is 3.84. The SMILES string of the molecule is CCC/C=C/C/C=C/C/C=C/CCCCCCC(=O)[C@H](CCCCN)NC(=O)[C@@H](N)Cc1cnc[nH]1. The Hall–Kier alpha value is -2.51. The van der Waals surface area contributed by atoms with Crippen molar-refractivity contribution >= 4 is 11.7 Å². The molecule has 0 unspecified atom stereocenters. The molecule has 0 saturated carbocycles. The molecule has 0 bridgehead atoms. The van der Waals surface area contributed by atoms with Gasteiger partial charge in [0.25, 0.3) is 0 Å². The summed E-state index contributed by atoms with van der Waals surface area (Å²) in [6, 6.07) is -1.21. The molecule has 1 rings (SSSR count). The summed E-state index contributed by atoms with van der Waals surface area (Å²) < 4.78 is 0. The first-order valence-corrected chi connectivity index (χ1v) is 13.8. The number of aromatic amines is 1. The molecular formula is C29H49N5O2. The maximum Gasteiger partial charge on any atom is 0.237 e. The minimum absolute atomic E-state index is 0.0883. The number of carbonyl (C=O) groups is 2. The number of hydrogen-bond donors (Lipinski definition) is 4. The maximum absolute atomic E-state index is 12.8. The van der Waals surface area contributed by atoms with Crippen molar-refractivity contribution in [3.05, 3.63) is 54.7 Å². The molecule has 1 amide bonds. The molecule has 0 aliphatic heterocycles. The van der Waals surface area contributed by atoms with Gasteiger partial charge in [0, 0.05) is 24.7 Å². The van der Waals surface area contributed by atoms with E-state index in [0.717, 1.165) is 69.9 Å². The summed E-state index contributed by atoms with van der Waals surface area (Å²) in [7, 11) is 0. The number of carbonyl (C=O) groups excluding carboxylic acids is 2. The van der Waals surface area contributed by atoms with Gasteiger partial charge in [0.15, 0.2) is 5.78 Å². The quantitative estimate of drug-likeness (QED) is 0.131. The number of nitrogens with one attached hydrogen (secondary N) is 2. The van der Waals surface area contributed by atoms with Crippen LogP contribution in [0.2, 0.25) is 0 Å². The molecule has 0 aliphatic carbocycles. The predicted molar refractivity (Wildman–Crippen MR) is 149 cm³/mol. The molecule has 0 fully saturated rings. The number of unbranched alkanes of at least 4 members (excludes halogenated alkanes) is 6. The molecular weight excluding hydrogens is 450 g/mol. The Kier molecular flexibility index (Phi) is 19.0. The molecule has 7 nitrogen and oxygen atoms in total. The molecule has 0 aliphatic rings. The number of rotatable bonds is 22. The van der Waals surface area contributed by atoms with Crippen LogP contribution in [0.5, 0.6) is 0 Å². The zero-order valence-electron chi connectivity index (χ0n) is 22.3. The number of H-pyrrole nitrogens is 1. The van der Waals surface area contributed by atoms with Gasteiger partial charge in [0.05, 0.1) is 18.4 Å². The third-order valence-corrected chi connectivity index (χ3v) is 6.03. The average Bonchev–Trinajstić information content (AvgIpc) is 3.38. The highest BCUT2D eigenvalue weighted by Gasteiger charge is 2.23. The summed E-state index contributed by atoms with van der Waals surface area (Å²) in [6.45, 7) is 2.77. The molecule has 0 saturated heterocycles. The van der Waals surface area contributed by atoms with Crippen LogP contribution in [0.3, 0.4) is 0 Å². The van der Waals surface area contributed by atoms with E-state index in [-0.39, 0.29) is 11.7 Å². The normalized spacial score (nSPS) is 13.6. The minimum atomic E-state index is -0.721. The zero-order valence-corrected chi connectivity index (χ0v) is 22.3. The van der Waals surface area contributed by atoms with Crippen molar-refractivity contribution in [1.29, 1.82) is 0 Å². The first-order chi connectivity index (χ1) is 17.6. The van der Waals surface area contributed by atoms with Crippen molar-refractivity contribution < 1.29 is 9.59 Å². The van der Waals surface area contributed by atoms with Crippen LogP contribution in [0.25, 0.3) is 0 Å². The van der Waals surface area contributed by atoms with Crippen molar-refractivity contribution in [3.8, 4) is 0 Å². The van der Waals surface area contributed by atoms with Gasteiger partial charge in [-0.25, -0.2) is 4.98 Å². The van der Waals surface area contributed by atoms with Gasteiger partial charge in [0.1, 0.15) is 0 Å². The second-order valence-corrected chi connectivity index (χ2v) is 9.33. The van der Waals surface area contributed by atoms with Crippen LogP contribution < -0.4 is 16.8 Å². The molecule has 1 heterocycles. The van der Waals surface area contributed by atoms with E-state index in [2.05, 4.69) is 58.7 Å². The molecule has 2 atom stereocenters. The molecule has 1 aromatic rings. The molecule has 6 N–H and O–H groups in total. The summed E-state index contributed by atoms with van der Waals surface area (Å²) in [5, 5.41) is 2.88. The Morgan fingerprint density at radius 3 is 2.33 bits per heavy atom. The Morgan fingerprint density at radius 1 is 0.972 bits per heavy atom. The van der Waals surface area contributed by atoms with Gasteiger partial charge in [-0.1, -0.05) is 62.6 Å². The highest BCUT2D eigenvalue weighted by Crippen LogP contribution is 2.11. The zero-order chi connectivity index (χ0) is 26.3. The summed E-state index contributed by atoms with van der Waals surface area (Å²) in [5.41, 5.74) is 12.4. The monoisotopic (exact) mass is 499 g/mol. The number of allylic oxidation sites excluding steroid dienone is 6. The lowest BCUT2D eigenvalue weighted by Gasteiger charge is -2.20. The van der Waals surface area contributed by atoms with E-state index >= 15 is 0 Å². The summed E-state index contributed by atoms with van der Waals surface area (Å²) in [4.78, 5) is 32.3. The topological polar surface area (TPSA) is 127 Å². The largest absolute Gasteiger partial charge is 0.348 e. The lowest BCUT2D eigenvalue weighted by Crippen LogP contribution is -2.49. The summed E-state index contributed by atoms with van der Waals surface area (Å²) in [6.07, 6.45) is 29.2. The van der Waals surface area contributed by atoms with Crippen molar-refractivity contribution in [2.45, 2.75) is 109 Å². The summed E-state index contributed by atoms with van der Waals surface area (Å²) >= 11 is 0. The molecule has 0 radical (unpaired) electrons. The third-order valence-electron chi connectivity index (χ3n) is 6.03. The number of aromatic nitrogens is 2. The Morgan fingerprint density at radius 2 is 1.67 bits per heavy atom. The van der Waals surface area contributed by atoms with E-state index in [9.17, 15) is 9.59 Å². The van der Waals surface area contributed by atoms with Gasteiger partial charge >= 0.3 is 0 Å². The molecule has 1 aromatic heterocycles. The number of amides is 1. The lowest BCUT2D eigenvalue weighted by atomic mass is 9.99. The molecule has 0 aromatic carbocycles. The van der Waals surface area contributed by atoms with Crippen molar-refractivity contribution in [2.75, 3.05) is 6.54 Å². The standard InChI is InChI=1S/C29H49N5O2/c1-2-3-4-5-6-7-8-9-10-11-12-13-14-15-16-20-28(35)27(19-17-18-21-30)34-29(36)26(31)22-25-23-32-24-33-25/h4-5,7-8,10-11,23-24,26-27H,2-3,6,9,12-22,30-31H2,1H3,(H,32,33)(H,34,36)/b5-4+,8-7+,11-10+/t26-,27-/m0/s1.